The number of hydrogen-bond acceptors (Lipinski definition) is 4. The molecule has 0 bridgehead atoms. The van der Waals surface area contributed by atoms with Gasteiger partial charge in [-0.2, -0.15) is 0 Å². The first kappa shape index (κ1) is 20.1. The fourth-order valence-corrected chi connectivity index (χ4v) is 5.00. The first-order chi connectivity index (χ1) is 12.9. The van der Waals surface area contributed by atoms with Crippen LogP contribution in [0.15, 0.2) is 18.2 Å². The third kappa shape index (κ3) is 4.60. The Labute approximate surface area is 176 Å². The minimum atomic E-state index is -0.496. The Bertz CT molecular complexity index is 928. The van der Waals surface area contributed by atoms with Gasteiger partial charge in [0.05, 0.1) is 16.1 Å². The van der Waals surface area contributed by atoms with Crippen molar-refractivity contribution < 1.29 is 9.59 Å². The largest absolute Gasteiger partial charge is 0.365 e. The van der Waals surface area contributed by atoms with Crippen LogP contribution in [0.1, 0.15) is 50.4 Å². The maximum atomic E-state index is 12.4. The molecule has 5 nitrogen and oxygen atoms in total. The Morgan fingerprint density at radius 1 is 1.15 bits per heavy atom. The second-order valence-electron chi connectivity index (χ2n) is 6.17. The van der Waals surface area contributed by atoms with Crippen molar-refractivity contribution in [2.75, 3.05) is 5.32 Å². The molecule has 27 heavy (non-hydrogen) atoms. The summed E-state index contributed by atoms with van der Waals surface area (Å²) in [6.45, 7) is 0. The predicted molar refractivity (Wildman–Crippen MR) is 114 cm³/mol. The Hall–Kier alpha value is -1.67. The standard InChI is InChI=1S/C18H17Cl2N3O2S2/c19-9-6-7-12(20)11(8-9)16(25)22-18(26)23-17-14(15(21)24)10-4-2-1-3-5-13(10)27-17/h6-8H,1-5H2,(H2,21,24)(H2,22,23,25,26). The van der Waals surface area contributed by atoms with Gasteiger partial charge in [0.15, 0.2) is 5.11 Å². The molecular formula is C18H17Cl2N3O2S2. The number of amides is 2. The van der Waals surface area contributed by atoms with Crippen LogP contribution in [0.3, 0.4) is 0 Å². The van der Waals surface area contributed by atoms with E-state index in [1.807, 2.05) is 0 Å². The van der Waals surface area contributed by atoms with Crippen molar-refractivity contribution in [3.8, 4) is 0 Å². The number of benzene rings is 1. The van der Waals surface area contributed by atoms with Crippen LogP contribution in [-0.4, -0.2) is 16.9 Å². The number of primary amides is 1. The molecule has 4 N–H and O–H groups in total. The smallest absolute Gasteiger partial charge is 0.258 e. The minimum absolute atomic E-state index is 0.0648. The summed E-state index contributed by atoms with van der Waals surface area (Å²) < 4.78 is 0. The number of fused-ring (bicyclic) bond motifs is 1. The normalized spacial score (nSPS) is 13.4. The van der Waals surface area contributed by atoms with Crippen LogP contribution in [0.2, 0.25) is 10.0 Å². The topological polar surface area (TPSA) is 84.2 Å². The van der Waals surface area contributed by atoms with Gasteiger partial charge in [0.1, 0.15) is 5.00 Å². The lowest BCUT2D eigenvalue weighted by atomic mass is 10.1. The third-order valence-corrected chi connectivity index (χ3v) is 6.27. The molecule has 1 aromatic carbocycles. The maximum absolute atomic E-state index is 12.4. The molecule has 0 saturated heterocycles. The van der Waals surface area contributed by atoms with Crippen molar-refractivity contribution in [1.29, 1.82) is 0 Å². The van der Waals surface area contributed by atoms with Gasteiger partial charge in [-0.05, 0) is 61.7 Å². The molecule has 142 valence electrons. The molecule has 2 amide bonds. The van der Waals surface area contributed by atoms with Gasteiger partial charge in [-0.1, -0.05) is 29.6 Å². The predicted octanol–water partition coefficient (Wildman–Crippen LogP) is 4.55. The number of hydrogen-bond donors (Lipinski definition) is 3. The van der Waals surface area contributed by atoms with E-state index in [2.05, 4.69) is 10.6 Å². The lowest BCUT2D eigenvalue weighted by molar-refractivity contribution is 0.0975. The number of carbonyl (C=O) groups is 2. The molecule has 0 fully saturated rings. The molecule has 3 rings (SSSR count). The van der Waals surface area contributed by atoms with Crippen LogP contribution in [0.5, 0.6) is 0 Å². The van der Waals surface area contributed by atoms with E-state index in [-0.39, 0.29) is 15.7 Å². The molecule has 0 radical (unpaired) electrons. The van der Waals surface area contributed by atoms with E-state index in [0.29, 0.717) is 15.6 Å². The molecule has 0 spiro atoms. The summed E-state index contributed by atoms with van der Waals surface area (Å²) in [6, 6.07) is 4.59. The van der Waals surface area contributed by atoms with Crippen molar-refractivity contribution in [2.24, 2.45) is 5.73 Å². The Kier molecular flexibility index (Phi) is 6.37. The molecule has 2 aromatic rings. The highest BCUT2D eigenvalue weighted by molar-refractivity contribution is 7.80. The molecule has 0 unspecified atom stereocenters. The Morgan fingerprint density at radius 2 is 1.89 bits per heavy atom. The number of aryl methyl sites for hydroxylation is 1. The van der Waals surface area contributed by atoms with Crippen LogP contribution in [0.25, 0.3) is 0 Å². The van der Waals surface area contributed by atoms with Gasteiger partial charge in [0, 0.05) is 9.90 Å². The molecule has 0 saturated carbocycles. The van der Waals surface area contributed by atoms with Crippen LogP contribution >= 0.6 is 46.8 Å². The molecular weight excluding hydrogens is 425 g/mol. The number of rotatable bonds is 3. The van der Waals surface area contributed by atoms with Crippen LogP contribution < -0.4 is 16.4 Å². The van der Waals surface area contributed by atoms with Crippen molar-refractivity contribution >= 4 is 68.7 Å². The number of thiophene rings is 1. The number of carbonyl (C=O) groups excluding carboxylic acids is 2. The summed E-state index contributed by atoms with van der Waals surface area (Å²) in [4.78, 5) is 25.6. The zero-order valence-corrected chi connectivity index (χ0v) is 17.4. The lowest BCUT2D eigenvalue weighted by Crippen LogP contribution is -2.34. The number of halogens is 2. The number of nitrogens with two attached hydrogens (primary N) is 1. The third-order valence-electron chi connectivity index (χ3n) is 4.29. The second-order valence-corrected chi connectivity index (χ2v) is 8.52. The lowest BCUT2D eigenvalue weighted by Gasteiger charge is -2.11. The second kappa shape index (κ2) is 8.56. The maximum Gasteiger partial charge on any atom is 0.258 e. The molecule has 0 aliphatic heterocycles. The fourth-order valence-electron chi connectivity index (χ4n) is 3.07. The summed E-state index contributed by atoms with van der Waals surface area (Å²) in [5.41, 5.74) is 7.28. The highest BCUT2D eigenvalue weighted by Crippen LogP contribution is 2.37. The van der Waals surface area contributed by atoms with E-state index in [0.717, 1.165) is 42.5 Å². The first-order valence-electron chi connectivity index (χ1n) is 8.38. The van der Waals surface area contributed by atoms with Gasteiger partial charge >= 0.3 is 0 Å². The van der Waals surface area contributed by atoms with Crippen LogP contribution in [0.4, 0.5) is 5.00 Å². The van der Waals surface area contributed by atoms with E-state index in [9.17, 15) is 9.59 Å². The zero-order chi connectivity index (χ0) is 19.6. The highest BCUT2D eigenvalue weighted by Gasteiger charge is 2.24. The number of anilines is 1. The molecule has 1 aliphatic rings. The first-order valence-corrected chi connectivity index (χ1v) is 10.4. The van der Waals surface area contributed by atoms with Crippen LogP contribution in [0, 0.1) is 0 Å². The summed E-state index contributed by atoms with van der Waals surface area (Å²) in [6.07, 6.45) is 4.98. The average Bonchev–Trinajstić information content (AvgIpc) is 2.78. The fraction of sp³-hybridized carbons (Fsp3) is 0.278. The van der Waals surface area contributed by atoms with Gasteiger partial charge in [-0.25, -0.2) is 0 Å². The van der Waals surface area contributed by atoms with Gasteiger partial charge in [-0.15, -0.1) is 11.3 Å². The van der Waals surface area contributed by atoms with E-state index < -0.39 is 11.8 Å². The molecule has 0 atom stereocenters. The van der Waals surface area contributed by atoms with Crippen molar-refractivity contribution in [1.82, 2.24) is 5.32 Å². The Balaban J connectivity index is 1.79. The number of thiocarbonyl (C=S) groups is 1. The van der Waals surface area contributed by atoms with E-state index in [4.69, 9.17) is 41.2 Å². The SMILES string of the molecule is NC(=O)c1c(NC(=S)NC(=O)c2cc(Cl)ccc2Cl)sc2c1CCCCC2. The van der Waals surface area contributed by atoms with Crippen molar-refractivity contribution in [3.63, 3.8) is 0 Å². The summed E-state index contributed by atoms with van der Waals surface area (Å²) in [5, 5.41) is 6.80. The average molecular weight is 442 g/mol. The van der Waals surface area contributed by atoms with Crippen LogP contribution in [-0.2, 0) is 12.8 Å². The highest BCUT2D eigenvalue weighted by atomic mass is 35.5. The van der Waals surface area contributed by atoms with Gasteiger partial charge in [0.25, 0.3) is 11.8 Å². The monoisotopic (exact) mass is 441 g/mol. The van der Waals surface area contributed by atoms with Crippen molar-refractivity contribution in [2.45, 2.75) is 32.1 Å². The van der Waals surface area contributed by atoms with Gasteiger partial charge < -0.3 is 11.1 Å². The van der Waals surface area contributed by atoms with Crippen molar-refractivity contribution in [3.05, 3.63) is 49.8 Å². The van der Waals surface area contributed by atoms with Gasteiger partial charge in [0.2, 0.25) is 0 Å². The number of nitrogens with one attached hydrogen (secondary N) is 2. The van der Waals surface area contributed by atoms with E-state index in [1.165, 1.54) is 23.5 Å². The quantitative estimate of drug-likeness (QED) is 0.481. The van der Waals surface area contributed by atoms with Gasteiger partial charge in [-0.3, -0.25) is 14.9 Å². The summed E-state index contributed by atoms with van der Waals surface area (Å²) >= 11 is 18.7. The summed E-state index contributed by atoms with van der Waals surface area (Å²) in [7, 11) is 0. The zero-order valence-electron chi connectivity index (χ0n) is 14.2. The molecule has 1 heterocycles. The van der Waals surface area contributed by atoms with E-state index in [1.54, 1.807) is 6.07 Å². The minimum Gasteiger partial charge on any atom is -0.365 e. The van der Waals surface area contributed by atoms with E-state index >= 15 is 0 Å². The molecule has 9 heteroatoms. The molecule has 1 aliphatic carbocycles. The molecule has 1 aromatic heterocycles. The summed E-state index contributed by atoms with van der Waals surface area (Å²) in [5.74, 6) is -0.984. The Morgan fingerprint density at radius 3 is 2.63 bits per heavy atom.